The third-order valence-corrected chi connectivity index (χ3v) is 2.44. The van der Waals surface area contributed by atoms with Crippen molar-refractivity contribution in [1.29, 1.82) is 0 Å². The predicted molar refractivity (Wildman–Crippen MR) is 63.9 cm³/mol. The molecule has 1 heterocycles. The van der Waals surface area contributed by atoms with Gasteiger partial charge in [0.15, 0.2) is 0 Å². The zero-order chi connectivity index (χ0) is 13.9. The summed E-state index contributed by atoms with van der Waals surface area (Å²) in [5.41, 5.74) is 0.679. The second-order valence-electron chi connectivity index (χ2n) is 3.95. The van der Waals surface area contributed by atoms with Crippen molar-refractivity contribution in [1.82, 2.24) is 0 Å². The normalized spacial score (nSPS) is 13.1. The van der Waals surface area contributed by atoms with E-state index in [0.717, 1.165) is 5.76 Å². The summed E-state index contributed by atoms with van der Waals surface area (Å²) in [5.74, 6) is 0.499. The molecular weight excluding hydrogens is 259 g/mol. The van der Waals surface area contributed by atoms with E-state index in [9.17, 15) is 13.2 Å². The van der Waals surface area contributed by atoms with E-state index >= 15 is 0 Å². The molecule has 102 valence electrons. The molecule has 0 aliphatic rings. The molecule has 1 aromatic heterocycles. The molecule has 6 heteroatoms. The van der Waals surface area contributed by atoms with Crippen molar-refractivity contribution < 1.29 is 22.3 Å². The van der Waals surface area contributed by atoms with Gasteiger partial charge in [0.05, 0.1) is 12.3 Å². The van der Waals surface area contributed by atoms with Crippen molar-refractivity contribution in [2.24, 2.45) is 0 Å². The lowest BCUT2D eigenvalue weighted by atomic mass is 10.2. The van der Waals surface area contributed by atoms with Crippen molar-refractivity contribution in [3.63, 3.8) is 0 Å². The minimum Gasteiger partial charge on any atom is -0.467 e. The molecule has 3 nitrogen and oxygen atoms in total. The van der Waals surface area contributed by atoms with E-state index < -0.39 is 6.36 Å². The standard InChI is InChI=1S/C13H12F3NO2/c1-9(12-3-2-8-18-12)17-10-4-6-11(7-5-10)19-13(14,15)16/h2-9,17H,1H3. The average Bonchev–Trinajstić information content (AvgIpc) is 2.83. The smallest absolute Gasteiger partial charge is 0.467 e. The molecule has 1 N–H and O–H groups in total. The zero-order valence-electron chi connectivity index (χ0n) is 10.1. The summed E-state index contributed by atoms with van der Waals surface area (Å²) in [6, 6.07) is 9.05. The number of hydrogen-bond acceptors (Lipinski definition) is 3. The number of anilines is 1. The maximum Gasteiger partial charge on any atom is 0.573 e. The molecule has 1 aromatic carbocycles. The third-order valence-electron chi connectivity index (χ3n) is 2.44. The van der Waals surface area contributed by atoms with Crippen molar-refractivity contribution in [2.75, 3.05) is 5.32 Å². The summed E-state index contributed by atoms with van der Waals surface area (Å²) in [6.45, 7) is 1.89. The molecule has 0 saturated heterocycles. The highest BCUT2D eigenvalue weighted by atomic mass is 19.4. The van der Waals surface area contributed by atoms with Gasteiger partial charge in [-0.15, -0.1) is 13.2 Å². The average molecular weight is 271 g/mol. The maximum absolute atomic E-state index is 12.0. The summed E-state index contributed by atoms with van der Waals surface area (Å²) in [4.78, 5) is 0. The Morgan fingerprint density at radius 3 is 2.37 bits per heavy atom. The van der Waals surface area contributed by atoms with E-state index in [1.807, 2.05) is 13.0 Å². The summed E-state index contributed by atoms with van der Waals surface area (Å²) >= 11 is 0. The molecule has 1 unspecified atom stereocenters. The fourth-order valence-electron chi connectivity index (χ4n) is 1.61. The van der Waals surface area contributed by atoms with Crippen LogP contribution in [-0.2, 0) is 0 Å². The highest BCUT2D eigenvalue weighted by molar-refractivity contribution is 5.47. The van der Waals surface area contributed by atoms with Gasteiger partial charge in [-0.2, -0.15) is 0 Å². The van der Waals surface area contributed by atoms with Gasteiger partial charge in [-0.05, 0) is 43.3 Å². The summed E-state index contributed by atoms with van der Waals surface area (Å²) in [7, 11) is 0. The van der Waals surface area contributed by atoms with Crippen LogP contribution in [0.4, 0.5) is 18.9 Å². The van der Waals surface area contributed by atoms with Crippen LogP contribution in [0.15, 0.2) is 47.1 Å². The van der Waals surface area contributed by atoms with Crippen LogP contribution in [0.3, 0.4) is 0 Å². The Hall–Kier alpha value is -2.11. The van der Waals surface area contributed by atoms with Crippen LogP contribution in [0.2, 0.25) is 0 Å². The van der Waals surface area contributed by atoms with Crippen LogP contribution in [-0.4, -0.2) is 6.36 Å². The van der Waals surface area contributed by atoms with Gasteiger partial charge in [-0.3, -0.25) is 0 Å². The van der Waals surface area contributed by atoms with Gasteiger partial charge >= 0.3 is 6.36 Å². The fourth-order valence-corrected chi connectivity index (χ4v) is 1.61. The van der Waals surface area contributed by atoms with E-state index in [-0.39, 0.29) is 11.8 Å². The number of nitrogens with one attached hydrogen (secondary N) is 1. The number of alkyl halides is 3. The first-order valence-electron chi connectivity index (χ1n) is 5.60. The first-order chi connectivity index (χ1) is 8.94. The Balaban J connectivity index is 1.99. The second-order valence-corrected chi connectivity index (χ2v) is 3.95. The molecule has 2 aromatic rings. The Bertz CT molecular complexity index is 506. The SMILES string of the molecule is CC(Nc1ccc(OC(F)(F)F)cc1)c1ccco1. The van der Waals surface area contributed by atoms with E-state index in [4.69, 9.17) is 4.42 Å². The molecular formula is C13H12F3NO2. The van der Waals surface area contributed by atoms with Crippen molar-refractivity contribution in [2.45, 2.75) is 19.3 Å². The first-order valence-corrected chi connectivity index (χ1v) is 5.60. The molecule has 0 aliphatic carbocycles. The quantitative estimate of drug-likeness (QED) is 0.897. The van der Waals surface area contributed by atoms with Gasteiger partial charge in [0.2, 0.25) is 0 Å². The molecule has 0 aliphatic heterocycles. The van der Waals surface area contributed by atoms with Gasteiger partial charge < -0.3 is 14.5 Å². The fraction of sp³-hybridized carbons (Fsp3) is 0.231. The monoisotopic (exact) mass is 271 g/mol. The molecule has 0 saturated carbocycles. The summed E-state index contributed by atoms with van der Waals surface area (Å²) in [6.07, 6.45) is -3.11. The molecule has 0 amide bonds. The molecule has 2 rings (SSSR count). The lowest BCUT2D eigenvalue weighted by Crippen LogP contribution is -2.17. The number of hydrogen-bond donors (Lipinski definition) is 1. The van der Waals surface area contributed by atoms with Crippen molar-refractivity contribution in [3.05, 3.63) is 48.4 Å². The molecule has 0 bridgehead atoms. The van der Waals surface area contributed by atoms with Crippen molar-refractivity contribution >= 4 is 5.69 Å². The Labute approximate surface area is 108 Å². The lowest BCUT2D eigenvalue weighted by molar-refractivity contribution is -0.274. The van der Waals surface area contributed by atoms with Crippen molar-refractivity contribution in [3.8, 4) is 5.75 Å². The maximum atomic E-state index is 12.0. The number of ether oxygens (including phenoxy) is 1. The Morgan fingerprint density at radius 2 is 1.84 bits per heavy atom. The van der Waals surface area contributed by atoms with Gasteiger partial charge in [-0.25, -0.2) is 0 Å². The van der Waals surface area contributed by atoms with E-state index in [1.54, 1.807) is 12.3 Å². The largest absolute Gasteiger partial charge is 0.573 e. The minimum atomic E-state index is -4.67. The number of halogens is 3. The third kappa shape index (κ3) is 3.94. The number of rotatable bonds is 4. The molecule has 19 heavy (non-hydrogen) atoms. The minimum absolute atomic E-state index is 0.0793. The van der Waals surface area contributed by atoms with Gasteiger partial charge in [-0.1, -0.05) is 0 Å². The predicted octanol–water partition coefficient (Wildman–Crippen LogP) is 4.35. The first kappa shape index (κ1) is 13.3. The summed E-state index contributed by atoms with van der Waals surface area (Å²) in [5, 5.41) is 3.10. The zero-order valence-corrected chi connectivity index (χ0v) is 10.1. The Morgan fingerprint density at radius 1 is 1.16 bits per heavy atom. The molecule has 0 spiro atoms. The van der Waals surface area contributed by atoms with Gasteiger partial charge in [0, 0.05) is 5.69 Å². The highest BCUT2D eigenvalue weighted by Crippen LogP contribution is 2.25. The van der Waals surface area contributed by atoms with Gasteiger partial charge in [0.25, 0.3) is 0 Å². The van der Waals surface area contributed by atoms with Crippen LogP contribution in [0.5, 0.6) is 5.75 Å². The van der Waals surface area contributed by atoms with Crippen LogP contribution in [0.25, 0.3) is 0 Å². The van der Waals surface area contributed by atoms with E-state index in [0.29, 0.717) is 5.69 Å². The molecule has 0 radical (unpaired) electrons. The highest BCUT2D eigenvalue weighted by Gasteiger charge is 2.30. The van der Waals surface area contributed by atoms with Gasteiger partial charge in [0.1, 0.15) is 11.5 Å². The van der Waals surface area contributed by atoms with E-state index in [2.05, 4.69) is 10.1 Å². The topological polar surface area (TPSA) is 34.4 Å². The summed E-state index contributed by atoms with van der Waals surface area (Å²) < 4.78 is 45.0. The second kappa shape index (κ2) is 5.26. The molecule has 1 atom stereocenters. The van der Waals surface area contributed by atoms with Crippen LogP contribution in [0.1, 0.15) is 18.7 Å². The number of furan rings is 1. The van der Waals surface area contributed by atoms with Crippen LogP contribution >= 0.6 is 0 Å². The molecule has 0 fully saturated rings. The lowest BCUT2D eigenvalue weighted by Gasteiger charge is -2.14. The van der Waals surface area contributed by atoms with E-state index in [1.165, 1.54) is 24.3 Å². The Kier molecular flexibility index (Phi) is 3.69. The van der Waals surface area contributed by atoms with Crippen LogP contribution < -0.4 is 10.1 Å². The van der Waals surface area contributed by atoms with Crippen LogP contribution in [0, 0.1) is 0 Å². The number of benzene rings is 1.